The number of phenols is 1. The minimum atomic E-state index is 0.142. The number of aromatic hydroxyl groups is 1. The SMILES string of the molecule is CCOc1ccccc1-c1nnn(-c2cccc(O)c2)c1N. The van der Waals surface area contributed by atoms with Crippen LogP contribution in [-0.4, -0.2) is 26.7 Å². The van der Waals surface area contributed by atoms with Gasteiger partial charge in [0.15, 0.2) is 5.82 Å². The zero-order valence-corrected chi connectivity index (χ0v) is 12.1. The second-order valence-electron chi connectivity index (χ2n) is 4.68. The van der Waals surface area contributed by atoms with E-state index in [0.717, 1.165) is 5.56 Å². The normalized spacial score (nSPS) is 10.6. The summed E-state index contributed by atoms with van der Waals surface area (Å²) in [5.74, 6) is 1.24. The minimum absolute atomic E-state index is 0.142. The van der Waals surface area contributed by atoms with Gasteiger partial charge in [-0.25, -0.2) is 0 Å². The predicted molar refractivity (Wildman–Crippen MR) is 84.0 cm³/mol. The first kappa shape index (κ1) is 13.9. The summed E-state index contributed by atoms with van der Waals surface area (Å²) >= 11 is 0. The van der Waals surface area contributed by atoms with Crippen molar-refractivity contribution < 1.29 is 9.84 Å². The Balaban J connectivity index is 2.08. The maximum atomic E-state index is 9.58. The fourth-order valence-corrected chi connectivity index (χ4v) is 2.24. The first-order valence-corrected chi connectivity index (χ1v) is 6.93. The highest BCUT2D eigenvalue weighted by Gasteiger charge is 2.16. The van der Waals surface area contributed by atoms with E-state index in [9.17, 15) is 5.11 Å². The van der Waals surface area contributed by atoms with E-state index in [1.807, 2.05) is 31.2 Å². The Bertz CT molecular complexity index is 798. The van der Waals surface area contributed by atoms with Crippen molar-refractivity contribution >= 4 is 5.82 Å². The van der Waals surface area contributed by atoms with Crippen molar-refractivity contribution in [1.82, 2.24) is 15.0 Å². The van der Waals surface area contributed by atoms with Crippen molar-refractivity contribution in [2.45, 2.75) is 6.92 Å². The summed E-state index contributed by atoms with van der Waals surface area (Å²) in [5.41, 5.74) is 8.16. The van der Waals surface area contributed by atoms with E-state index in [2.05, 4.69) is 10.3 Å². The van der Waals surface area contributed by atoms with Crippen LogP contribution in [0.2, 0.25) is 0 Å². The third kappa shape index (κ3) is 2.46. The molecule has 0 saturated heterocycles. The number of hydrogen-bond donors (Lipinski definition) is 2. The number of ether oxygens (including phenoxy) is 1. The van der Waals surface area contributed by atoms with Gasteiger partial charge in [-0.2, -0.15) is 4.68 Å². The van der Waals surface area contributed by atoms with Gasteiger partial charge in [0.2, 0.25) is 0 Å². The van der Waals surface area contributed by atoms with Crippen molar-refractivity contribution in [1.29, 1.82) is 0 Å². The van der Waals surface area contributed by atoms with Gasteiger partial charge >= 0.3 is 0 Å². The van der Waals surface area contributed by atoms with Crippen LogP contribution in [0.3, 0.4) is 0 Å². The fraction of sp³-hybridized carbons (Fsp3) is 0.125. The molecule has 0 saturated carbocycles. The molecular formula is C16H16N4O2. The lowest BCUT2D eigenvalue weighted by Gasteiger charge is -2.08. The van der Waals surface area contributed by atoms with Gasteiger partial charge in [-0.3, -0.25) is 0 Å². The van der Waals surface area contributed by atoms with Crippen LogP contribution in [0.5, 0.6) is 11.5 Å². The number of benzene rings is 2. The lowest BCUT2D eigenvalue weighted by atomic mass is 10.1. The number of nitrogens with zero attached hydrogens (tertiary/aromatic N) is 3. The molecule has 3 N–H and O–H groups in total. The average molecular weight is 296 g/mol. The maximum Gasteiger partial charge on any atom is 0.156 e. The van der Waals surface area contributed by atoms with E-state index in [0.29, 0.717) is 29.6 Å². The predicted octanol–water partition coefficient (Wildman–Crippen LogP) is 2.62. The first-order valence-electron chi connectivity index (χ1n) is 6.93. The molecule has 0 unspecified atom stereocenters. The molecule has 1 aromatic heterocycles. The molecule has 6 heteroatoms. The highest BCUT2D eigenvalue weighted by Crippen LogP contribution is 2.33. The Kier molecular flexibility index (Phi) is 3.65. The van der Waals surface area contributed by atoms with E-state index < -0.39 is 0 Å². The van der Waals surface area contributed by atoms with Crippen LogP contribution in [-0.2, 0) is 0 Å². The molecule has 0 fully saturated rings. The van der Waals surface area contributed by atoms with Crippen molar-refractivity contribution in [3.63, 3.8) is 0 Å². The van der Waals surface area contributed by atoms with Gasteiger partial charge in [0.05, 0.1) is 12.3 Å². The number of aromatic nitrogens is 3. The molecule has 6 nitrogen and oxygen atoms in total. The van der Waals surface area contributed by atoms with Gasteiger partial charge in [0, 0.05) is 11.6 Å². The summed E-state index contributed by atoms with van der Waals surface area (Å²) in [5, 5.41) is 17.8. The number of rotatable bonds is 4. The van der Waals surface area contributed by atoms with E-state index in [4.69, 9.17) is 10.5 Å². The van der Waals surface area contributed by atoms with Crippen LogP contribution in [0.15, 0.2) is 48.5 Å². The zero-order valence-electron chi connectivity index (χ0n) is 12.1. The van der Waals surface area contributed by atoms with Crippen molar-refractivity contribution in [2.24, 2.45) is 0 Å². The molecule has 0 aliphatic rings. The lowest BCUT2D eigenvalue weighted by molar-refractivity contribution is 0.341. The summed E-state index contributed by atoms with van der Waals surface area (Å²) in [7, 11) is 0. The molecule has 0 radical (unpaired) electrons. The highest BCUT2D eigenvalue weighted by molar-refractivity contribution is 5.75. The Morgan fingerprint density at radius 2 is 2.00 bits per heavy atom. The standard InChI is InChI=1S/C16H16N4O2/c1-2-22-14-9-4-3-8-13(14)15-16(17)20(19-18-15)11-6-5-7-12(21)10-11/h3-10,21H,2,17H2,1H3. The van der Waals surface area contributed by atoms with Crippen molar-refractivity contribution in [2.75, 3.05) is 12.3 Å². The number of anilines is 1. The molecule has 3 aromatic rings. The number of hydrogen-bond acceptors (Lipinski definition) is 5. The summed E-state index contributed by atoms with van der Waals surface area (Å²) in [6.45, 7) is 2.47. The molecule has 0 amide bonds. The van der Waals surface area contributed by atoms with Crippen LogP contribution in [0.1, 0.15) is 6.92 Å². The Morgan fingerprint density at radius 1 is 1.18 bits per heavy atom. The van der Waals surface area contributed by atoms with Gasteiger partial charge in [-0.1, -0.05) is 23.4 Å². The van der Waals surface area contributed by atoms with Crippen LogP contribution >= 0.6 is 0 Å². The van der Waals surface area contributed by atoms with E-state index in [-0.39, 0.29) is 5.75 Å². The van der Waals surface area contributed by atoms with Crippen molar-refractivity contribution in [3.8, 4) is 28.4 Å². The van der Waals surface area contributed by atoms with Crippen LogP contribution in [0.25, 0.3) is 16.9 Å². The van der Waals surface area contributed by atoms with E-state index in [1.165, 1.54) is 4.68 Å². The lowest BCUT2D eigenvalue weighted by Crippen LogP contribution is -2.02. The number of nitrogen functional groups attached to an aromatic ring is 1. The third-order valence-corrected chi connectivity index (χ3v) is 3.22. The topological polar surface area (TPSA) is 86.2 Å². The summed E-state index contributed by atoms with van der Waals surface area (Å²) in [6.07, 6.45) is 0. The van der Waals surface area contributed by atoms with Crippen LogP contribution in [0.4, 0.5) is 5.82 Å². The molecule has 0 spiro atoms. The fourth-order valence-electron chi connectivity index (χ4n) is 2.24. The van der Waals surface area contributed by atoms with E-state index >= 15 is 0 Å². The Hall–Kier alpha value is -3.02. The molecule has 1 heterocycles. The van der Waals surface area contributed by atoms with Gasteiger partial charge in [-0.15, -0.1) is 5.10 Å². The third-order valence-electron chi connectivity index (χ3n) is 3.22. The second-order valence-corrected chi connectivity index (χ2v) is 4.68. The smallest absolute Gasteiger partial charge is 0.156 e. The van der Waals surface area contributed by atoms with Gasteiger partial charge in [-0.05, 0) is 31.2 Å². The molecule has 112 valence electrons. The molecule has 3 rings (SSSR count). The molecule has 0 aliphatic heterocycles. The second kappa shape index (κ2) is 5.77. The number of phenolic OH excluding ortho intramolecular Hbond substituents is 1. The molecule has 22 heavy (non-hydrogen) atoms. The van der Waals surface area contributed by atoms with Gasteiger partial charge in [0.1, 0.15) is 17.2 Å². The first-order chi connectivity index (χ1) is 10.7. The molecule has 0 aliphatic carbocycles. The molecule has 0 bridgehead atoms. The summed E-state index contributed by atoms with van der Waals surface area (Å²) in [4.78, 5) is 0. The molecular weight excluding hydrogens is 280 g/mol. The Morgan fingerprint density at radius 3 is 2.77 bits per heavy atom. The Labute approximate surface area is 127 Å². The van der Waals surface area contributed by atoms with E-state index in [1.54, 1.807) is 24.3 Å². The van der Waals surface area contributed by atoms with Crippen molar-refractivity contribution in [3.05, 3.63) is 48.5 Å². The number of para-hydroxylation sites is 1. The highest BCUT2D eigenvalue weighted by atomic mass is 16.5. The molecule has 2 aromatic carbocycles. The summed E-state index contributed by atoms with van der Waals surface area (Å²) < 4.78 is 7.09. The minimum Gasteiger partial charge on any atom is -0.508 e. The van der Waals surface area contributed by atoms with Crippen LogP contribution in [0, 0.1) is 0 Å². The average Bonchev–Trinajstić information content (AvgIpc) is 2.90. The molecule has 0 atom stereocenters. The quantitative estimate of drug-likeness (QED) is 0.773. The summed E-state index contributed by atoms with van der Waals surface area (Å²) in [6, 6.07) is 14.2. The van der Waals surface area contributed by atoms with Gasteiger partial charge in [0.25, 0.3) is 0 Å². The monoisotopic (exact) mass is 296 g/mol. The number of nitrogens with two attached hydrogens (primary N) is 1. The largest absolute Gasteiger partial charge is 0.508 e. The van der Waals surface area contributed by atoms with Gasteiger partial charge < -0.3 is 15.6 Å². The van der Waals surface area contributed by atoms with Crippen LogP contribution < -0.4 is 10.5 Å². The maximum absolute atomic E-state index is 9.58. The zero-order chi connectivity index (χ0) is 15.5.